The Bertz CT molecular complexity index is 1160. The third-order valence-electron chi connectivity index (χ3n) is 4.17. The minimum absolute atomic E-state index is 0.175. The summed E-state index contributed by atoms with van der Waals surface area (Å²) < 4.78 is 7.08. The van der Waals surface area contributed by atoms with Gasteiger partial charge in [0.25, 0.3) is 5.91 Å². The van der Waals surface area contributed by atoms with Gasteiger partial charge < -0.3 is 10.1 Å². The molecule has 0 spiro atoms. The van der Waals surface area contributed by atoms with E-state index in [9.17, 15) is 9.59 Å². The van der Waals surface area contributed by atoms with Gasteiger partial charge in [-0.05, 0) is 48.7 Å². The molecule has 1 amide bonds. The number of carbonyl (C=O) groups excluding carboxylic acids is 2. The van der Waals surface area contributed by atoms with Gasteiger partial charge >= 0.3 is 5.97 Å². The van der Waals surface area contributed by atoms with Crippen molar-refractivity contribution < 1.29 is 14.3 Å². The Morgan fingerprint density at radius 1 is 1.18 bits per heavy atom. The van der Waals surface area contributed by atoms with Crippen LogP contribution >= 0.6 is 11.3 Å². The average Bonchev–Trinajstić information content (AvgIpc) is 3.32. The van der Waals surface area contributed by atoms with E-state index in [4.69, 9.17) is 4.74 Å². The van der Waals surface area contributed by atoms with Crippen molar-refractivity contribution in [3.8, 4) is 5.75 Å². The van der Waals surface area contributed by atoms with E-state index in [1.165, 1.54) is 17.5 Å². The van der Waals surface area contributed by atoms with E-state index in [0.29, 0.717) is 27.5 Å². The molecule has 1 N–H and O–H groups in total. The summed E-state index contributed by atoms with van der Waals surface area (Å²) in [7, 11) is 1.80. The maximum atomic E-state index is 12.4. The minimum Gasteiger partial charge on any atom is -0.423 e. The van der Waals surface area contributed by atoms with Crippen LogP contribution in [0, 0.1) is 6.92 Å². The first kappa shape index (κ1) is 17.9. The molecule has 8 heteroatoms. The minimum atomic E-state index is -0.506. The van der Waals surface area contributed by atoms with E-state index in [1.54, 1.807) is 48.1 Å². The van der Waals surface area contributed by atoms with Crippen LogP contribution in [-0.2, 0) is 7.05 Å². The standard InChI is InChI=1S/C20H16N4O3S/c1-12-16-10-13(11-21-18(16)24(2)23-12)20(26)27-15-7-5-14(6-8-15)22-19(25)17-4-3-9-28-17/h3-11H,1-2H3,(H,22,25). The van der Waals surface area contributed by atoms with Crippen LogP contribution in [0.1, 0.15) is 25.7 Å². The third-order valence-corrected chi connectivity index (χ3v) is 5.04. The maximum absolute atomic E-state index is 12.4. The highest BCUT2D eigenvalue weighted by Crippen LogP contribution is 2.20. The molecule has 0 unspecified atom stereocenters. The van der Waals surface area contributed by atoms with E-state index in [0.717, 1.165) is 11.1 Å². The number of carbonyl (C=O) groups is 2. The quantitative estimate of drug-likeness (QED) is 0.422. The van der Waals surface area contributed by atoms with Crippen molar-refractivity contribution in [2.45, 2.75) is 6.92 Å². The monoisotopic (exact) mass is 392 g/mol. The van der Waals surface area contributed by atoms with Crippen molar-refractivity contribution in [1.29, 1.82) is 0 Å². The summed E-state index contributed by atoms with van der Waals surface area (Å²) in [6.45, 7) is 1.86. The molecule has 4 aromatic rings. The van der Waals surface area contributed by atoms with Crippen LogP contribution < -0.4 is 10.1 Å². The van der Waals surface area contributed by atoms with Gasteiger partial charge in [-0.15, -0.1) is 11.3 Å². The van der Waals surface area contributed by atoms with Gasteiger partial charge in [0, 0.05) is 24.3 Å². The summed E-state index contributed by atoms with van der Waals surface area (Å²) >= 11 is 1.37. The number of fused-ring (bicyclic) bond motifs is 1. The molecule has 0 aliphatic carbocycles. The fourth-order valence-corrected chi connectivity index (χ4v) is 3.41. The first-order valence-corrected chi connectivity index (χ1v) is 9.35. The number of pyridine rings is 1. The van der Waals surface area contributed by atoms with Gasteiger partial charge in [-0.2, -0.15) is 5.10 Å². The summed E-state index contributed by atoms with van der Waals surface area (Å²) in [5, 5.41) is 9.74. The van der Waals surface area contributed by atoms with Gasteiger partial charge in [-0.1, -0.05) is 6.07 Å². The maximum Gasteiger partial charge on any atom is 0.345 e. The molecule has 140 valence electrons. The highest BCUT2D eigenvalue weighted by atomic mass is 32.1. The molecule has 28 heavy (non-hydrogen) atoms. The molecular weight excluding hydrogens is 376 g/mol. The fourth-order valence-electron chi connectivity index (χ4n) is 2.79. The Labute approximate surface area is 164 Å². The zero-order valence-electron chi connectivity index (χ0n) is 15.2. The zero-order chi connectivity index (χ0) is 19.7. The van der Waals surface area contributed by atoms with Crippen molar-refractivity contribution in [1.82, 2.24) is 14.8 Å². The lowest BCUT2D eigenvalue weighted by molar-refractivity contribution is 0.0734. The topological polar surface area (TPSA) is 86.1 Å². The van der Waals surface area contributed by atoms with Gasteiger partial charge in [0.2, 0.25) is 0 Å². The first-order chi connectivity index (χ1) is 13.5. The number of ether oxygens (including phenoxy) is 1. The average molecular weight is 392 g/mol. The number of nitrogens with one attached hydrogen (secondary N) is 1. The molecule has 1 aromatic carbocycles. The summed E-state index contributed by atoms with van der Waals surface area (Å²) in [6, 6.07) is 11.9. The van der Waals surface area contributed by atoms with Crippen LogP contribution in [-0.4, -0.2) is 26.6 Å². The molecule has 0 atom stereocenters. The lowest BCUT2D eigenvalue weighted by Crippen LogP contribution is -2.11. The molecule has 7 nitrogen and oxygen atoms in total. The summed E-state index contributed by atoms with van der Waals surface area (Å²) in [6.07, 6.45) is 1.47. The molecule has 0 radical (unpaired) electrons. The predicted molar refractivity (Wildman–Crippen MR) is 107 cm³/mol. The number of nitrogens with zero attached hydrogens (tertiary/aromatic N) is 3. The number of esters is 1. The van der Waals surface area contributed by atoms with Crippen molar-refractivity contribution >= 4 is 39.9 Å². The first-order valence-electron chi connectivity index (χ1n) is 8.48. The number of hydrogen-bond acceptors (Lipinski definition) is 6. The summed E-state index contributed by atoms with van der Waals surface area (Å²) in [5.74, 6) is -0.305. The zero-order valence-corrected chi connectivity index (χ0v) is 16.0. The van der Waals surface area contributed by atoms with Crippen molar-refractivity contribution in [3.05, 3.63) is 70.2 Å². The summed E-state index contributed by atoms with van der Waals surface area (Å²) in [5.41, 5.74) is 2.47. The smallest absolute Gasteiger partial charge is 0.345 e. The second kappa shape index (κ2) is 7.24. The van der Waals surface area contributed by atoms with Gasteiger partial charge in [-0.25, -0.2) is 9.78 Å². The van der Waals surface area contributed by atoms with Gasteiger partial charge in [-0.3, -0.25) is 9.48 Å². The van der Waals surface area contributed by atoms with Crippen LogP contribution in [0.15, 0.2) is 54.0 Å². The lowest BCUT2D eigenvalue weighted by Gasteiger charge is -2.07. The van der Waals surface area contributed by atoms with E-state index in [2.05, 4.69) is 15.4 Å². The van der Waals surface area contributed by atoms with E-state index < -0.39 is 5.97 Å². The number of rotatable bonds is 4. The van der Waals surface area contributed by atoms with Gasteiger partial charge in [0.1, 0.15) is 5.75 Å². The highest BCUT2D eigenvalue weighted by Gasteiger charge is 2.14. The number of hydrogen-bond donors (Lipinski definition) is 1. The number of benzene rings is 1. The Morgan fingerprint density at radius 2 is 1.96 bits per heavy atom. The normalized spacial score (nSPS) is 10.8. The van der Waals surface area contributed by atoms with Crippen molar-refractivity contribution in [2.75, 3.05) is 5.32 Å². The third kappa shape index (κ3) is 3.49. The molecule has 0 aliphatic rings. The lowest BCUT2D eigenvalue weighted by atomic mass is 10.2. The SMILES string of the molecule is Cc1nn(C)c2ncc(C(=O)Oc3ccc(NC(=O)c4cccs4)cc3)cc12. The fraction of sp³-hybridized carbons (Fsp3) is 0.100. The predicted octanol–water partition coefficient (Wildman–Crippen LogP) is 3.81. The molecule has 0 saturated heterocycles. The number of thiophene rings is 1. The van der Waals surface area contributed by atoms with Gasteiger partial charge in [0.15, 0.2) is 5.65 Å². The van der Waals surface area contributed by atoms with Crippen LogP contribution in [0.4, 0.5) is 5.69 Å². The number of aromatic nitrogens is 3. The summed E-state index contributed by atoms with van der Waals surface area (Å²) in [4.78, 5) is 29.4. The Hall–Kier alpha value is -3.52. The van der Waals surface area contributed by atoms with Gasteiger partial charge in [0.05, 0.1) is 16.1 Å². The van der Waals surface area contributed by atoms with E-state index >= 15 is 0 Å². The molecule has 4 rings (SSSR count). The van der Waals surface area contributed by atoms with Crippen LogP contribution in [0.25, 0.3) is 11.0 Å². The number of anilines is 1. The highest BCUT2D eigenvalue weighted by molar-refractivity contribution is 7.12. The van der Waals surface area contributed by atoms with E-state index in [-0.39, 0.29) is 5.91 Å². The second-order valence-electron chi connectivity index (χ2n) is 6.15. The molecule has 0 aliphatic heterocycles. The van der Waals surface area contributed by atoms with Crippen LogP contribution in [0.3, 0.4) is 0 Å². The van der Waals surface area contributed by atoms with E-state index in [1.807, 2.05) is 18.4 Å². The molecule has 0 saturated carbocycles. The Morgan fingerprint density at radius 3 is 2.68 bits per heavy atom. The van der Waals surface area contributed by atoms with Crippen molar-refractivity contribution in [2.24, 2.45) is 7.05 Å². The Kier molecular flexibility index (Phi) is 4.62. The second-order valence-corrected chi connectivity index (χ2v) is 7.10. The molecule has 0 bridgehead atoms. The largest absolute Gasteiger partial charge is 0.423 e. The number of aryl methyl sites for hydroxylation is 2. The molecule has 3 heterocycles. The van der Waals surface area contributed by atoms with Crippen LogP contribution in [0.2, 0.25) is 0 Å². The molecule has 0 fully saturated rings. The van der Waals surface area contributed by atoms with Crippen molar-refractivity contribution in [3.63, 3.8) is 0 Å². The molecule has 3 aromatic heterocycles. The van der Waals surface area contributed by atoms with Crippen LogP contribution in [0.5, 0.6) is 5.75 Å². The molecular formula is C20H16N4O3S. The Balaban J connectivity index is 1.46. The number of amides is 1.